The second-order valence-electron chi connectivity index (χ2n) is 5.16. The predicted molar refractivity (Wildman–Crippen MR) is 75.5 cm³/mol. The molecule has 2 aromatic carbocycles. The van der Waals surface area contributed by atoms with Crippen molar-refractivity contribution in [2.45, 2.75) is 19.8 Å². The maximum absolute atomic E-state index is 13.2. The van der Waals surface area contributed by atoms with Gasteiger partial charge in [-0.3, -0.25) is 0 Å². The first-order valence-corrected chi connectivity index (χ1v) is 6.69. The van der Waals surface area contributed by atoms with Gasteiger partial charge in [0.1, 0.15) is 11.6 Å². The minimum absolute atomic E-state index is 0.000890. The Labute approximate surface area is 117 Å². The van der Waals surface area contributed by atoms with Crippen LogP contribution in [0.15, 0.2) is 42.5 Å². The Morgan fingerprint density at radius 3 is 2.40 bits per heavy atom. The molecule has 0 bridgehead atoms. The second kappa shape index (κ2) is 6.62. The van der Waals surface area contributed by atoms with Crippen LogP contribution in [0.2, 0.25) is 0 Å². The lowest BCUT2D eigenvalue weighted by Gasteiger charge is -2.16. The van der Waals surface area contributed by atoms with E-state index in [2.05, 4.69) is 0 Å². The van der Waals surface area contributed by atoms with Crippen LogP contribution in [0.5, 0.6) is 0 Å². The molecule has 0 fully saturated rings. The molecule has 1 nitrogen and oxygen atoms in total. The van der Waals surface area contributed by atoms with E-state index in [1.54, 1.807) is 12.1 Å². The summed E-state index contributed by atoms with van der Waals surface area (Å²) in [5.41, 5.74) is 2.76. The molecule has 2 aromatic rings. The third-order valence-electron chi connectivity index (χ3n) is 3.48. The Morgan fingerprint density at radius 1 is 1.00 bits per heavy atom. The van der Waals surface area contributed by atoms with Crippen LogP contribution in [-0.4, -0.2) is 11.7 Å². The van der Waals surface area contributed by atoms with Gasteiger partial charge < -0.3 is 5.11 Å². The van der Waals surface area contributed by atoms with Crippen LogP contribution < -0.4 is 0 Å². The van der Waals surface area contributed by atoms with E-state index in [4.69, 9.17) is 0 Å². The number of hydrogen-bond acceptors (Lipinski definition) is 1. The first-order valence-electron chi connectivity index (χ1n) is 6.69. The number of aliphatic hydroxyl groups excluding tert-OH is 1. The highest BCUT2D eigenvalue weighted by Crippen LogP contribution is 2.18. The fraction of sp³-hybridized carbons (Fsp3) is 0.294. The van der Waals surface area contributed by atoms with Gasteiger partial charge in [-0.2, -0.15) is 0 Å². The quantitative estimate of drug-likeness (QED) is 0.883. The summed E-state index contributed by atoms with van der Waals surface area (Å²) in [4.78, 5) is 0. The largest absolute Gasteiger partial charge is 0.396 e. The molecule has 20 heavy (non-hydrogen) atoms. The van der Waals surface area contributed by atoms with Crippen LogP contribution in [-0.2, 0) is 12.8 Å². The van der Waals surface area contributed by atoms with Gasteiger partial charge in [-0.05, 0) is 66.6 Å². The number of aryl methyl sites for hydroxylation is 1. The zero-order valence-electron chi connectivity index (χ0n) is 11.4. The Hall–Kier alpha value is -1.74. The van der Waals surface area contributed by atoms with E-state index in [0.717, 1.165) is 16.7 Å². The van der Waals surface area contributed by atoms with Crippen LogP contribution in [0.25, 0.3) is 0 Å². The topological polar surface area (TPSA) is 20.2 Å². The lowest BCUT2D eigenvalue weighted by molar-refractivity contribution is 0.224. The van der Waals surface area contributed by atoms with E-state index in [1.165, 1.54) is 24.3 Å². The number of halogens is 2. The Balaban J connectivity index is 2.09. The zero-order chi connectivity index (χ0) is 14.5. The van der Waals surface area contributed by atoms with E-state index in [9.17, 15) is 13.9 Å². The Morgan fingerprint density at radius 2 is 1.75 bits per heavy atom. The van der Waals surface area contributed by atoms with Crippen molar-refractivity contribution in [2.75, 3.05) is 6.61 Å². The fourth-order valence-corrected chi connectivity index (χ4v) is 2.40. The Bertz CT molecular complexity index is 581. The van der Waals surface area contributed by atoms with Gasteiger partial charge >= 0.3 is 0 Å². The highest BCUT2D eigenvalue weighted by molar-refractivity contribution is 5.27. The first-order chi connectivity index (χ1) is 9.58. The maximum atomic E-state index is 13.2. The fourth-order valence-electron chi connectivity index (χ4n) is 2.40. The standard InChI is InChI=1S/C17H18F2O/c1-12-7-17(19)6-5-15(12)9-14(11-20)8-13-3-2-4-16(18)10-13/h2-7,10,14,20H,8-9,11H2,1H3. The summed E-state index contributed by atoms with van der Waals surface area (Å²) >= 11 is 0. The molecule has 0 saturated carbocycles. The van der Waals surface area contributed by atoms with Crippen molar-refractivity contribution in [3.63, 3.8) is 0 Å². The molecule has 0 aliphatic heterocycles. The molecule has 1 N–H and O–H groups in total. The van der Waals surface area contributed by atoms with E-state index in [-0.39, 0.29) is 24.2 Å². The molecule has 0 aliphatic carbocycles. The molecule has 0 spiro atoms. The molecule has 106 valence electrons. The van der Waals surface area contributed by atoms with Gasteiger partial charge in [-0.25, -0.2) is 8.78 Å². The normalized spacial score (nSPS) is 12.4. The number of hydrogen-bond donors (Lipinski definition) is 1. The van der Waals surface area contributed by atoms with E-state index in [1.807, 2.05) is 13.0 Å². The molecular weight excluding hydrogens is 258 g/mol. The summed E-state index contributed by atoms with van der Waals surface area (Å²) < 4.78 is 26.2. The minimum atomic E-state index is -0.267. The van der Waals surface area contributed by atoms with Gasteiger partial charge in [0.2, 0.25) is 0 Å². The molecule has 2 rings (SSSR count). The van der Waals surface area contributed by atoms with Crippen LogP contribution in [0, 0.1) is 24.5 Å². The van der Waals surface area contributed by atoms with Crippen molar-refractivity contribution in [2.24, 2.45) is 5.92 Å². The first kappa shape index (κ1) is 14.7. The summed E-state index contributed by atoms with van der Waals surface area (Å²) in [6, 6.07) is 11.1. The van der Waals surface area contributed by atoms with E-state index < -0.39 is 0 Å². The van der Waals surface area contributed by atoms with Crippen molar-refractivity contribution in [3.05, 3.63) is 70.8 Å². The van der Waals surface area contributed by atoms with Crippen LogP contribution >= 0.6 is 0 Å². The number of benzene rings is 2. The molecule has 0 amide bonds. The third-order valence-corrected chi connectivity index (χ3v) is 3.48. The van der Waals surface area contributed by atoms with E-state index in [0.29, 0.717) is 12.8 Å². The van der Waals surface area contributed by atoms with Crippen molar-refractivity contribution in [1.29, 1.82) is 0 Å². The molecular formula is C17H18F2O. The van der Waals surface area contributed by atoms with Gasteiger partial charge in [0.15, 0.2) is 0 Å². The third kappa shape index (κ3) is 3.87. The average Bonchev–Trinajstić information content (AvgIpc) is 2.41. The zero-order valence-corrected chi connectivity index (χ0v) is 11.4. The van der Waals surface area contributed by atoms with Gasteiger partial charge in [-0.1, -0.05) is 18.2 Å². The van der Waals surface area contributed by atoms with Crippen molar-refractivity contribution in [3.8, 4) is 0 Å². The second-order valence-corrected chi connectivity index (χ2v) is 5.16. The summed E-state index contributed by atoms with van der Waals surface area (Å²) in [6.45, 7) is 1.88. The molecule has 1 atom stereocenters. The minimum Gasteiger partial charge on any atom is -0.396 e. The van der Waals surface area contributed by atoms with Crippen molar-refractivity contribution >= 4 is 0 Å². The van der Waals surface area contributed by atoms with Crippen LogP contribution in [0.3, 0.4) is 0 Å². The lowest BCUT2D eigenvalue weighted by Crippen LogP contribution is -2.14. The van der Waals surface area contributed by atoms with Crippen molar-refractivity contribution < 1.29 is 13.9 Å². The maximum Gasteiger partial charge on any atom is 0.123 e. The molecule has 0 aromatic heterocycles. The van der Waals surface area contributed by atoms with Gasteiger partial charge in [0.25, 0.3) is 0 Å². The molecule has 0 aliphatic rings. The smallest absolute Gasteiger partial charge is 0.123 e. The van der Waals surface area contributed by atoms with Crippen molar-refractivity contribution in [1.82, 2.24) is 0 Å². The summed E-state index contributed by atoms with van der Waals surface area (Å²) in [5.74, 6) is -0.518. The Kier molecular flexibility index (Phi) is 4.85. The summed E-state index contributed by atoms with van der Waals surface area (Å²) in [6.07, 6.45) is 1.25. The van der Waals surface area contributed by atoms with Crippen LogP contribution in [0.4, 0.5) is 8.78 Å². The number of aliphatic hydroxyl groups is 1. The monoisotopic (exact) mass is 276 g/mol. The highest BCUT2D eigenvalue weighted by atomic mass is 19.1. The van der Waals surface area contributed by atoms with Gasteiger partial charge in [0.05, 0.1) is 0 Å². The molecule has 0 radical (unpaired) electrons. The summed E-state index contributed by atoms with van der Waals surface area (Å²) in [5, 5.41) is 9.50. The average molecular weight is 276 g/mol. The summed E-state index contributed by atoms with van der Waals surface area (Å²) in [7, 11) is 0. The SMILES string of the molecule is Cc1cc(F)ccc1CC(CO)Cc1cccc(F)c1. The highest BCUT2D eigenvalue weighted by Gasteiger charge is 2.12. The van der Waals surface area contributed by atoms with Gasteiger partial charge in [-0.15, -0.1) is 0 Å². The van der Waals surface area contributed by atoms with Gasteiger partial charge in [0, 0.05) is 6.61 Å². The number of rotatable bonds is 5. The molecule has 0 saturated heterocycles. The molecule has 3 heteroatoms. The molecule has 1 unspecified atom stereocenters. The molecule has 0 heterocycles. The van der Waals surface area contributed by atoms with Crippen LogP contribution in [0.1, 0.15) is 16.7 Å². The predicted octanol–water partition coefficient (Wildman–Crippen LogP) is 3.67. The van der Waals surface area contributed by atoms with E-state index >= 15 is 0 Å². The lowest BCUT2D eigenvalue weighted by atomic mass is 9.91.